The van der Waals surface area contributed by atoms with E-state index in [2.05, 4.69) is 0 Å². The normalized spacial score (nSPS) is 19.3. The third-order valence-electron chi connectivity index (χ3n) is 3.59. The fourth-order valence-corrected chi connectivity index (χ4v) is 2.17. The maximum Gasteiger partial charge on any atom is 0.231 e. The number of amides is 2. The molecule has 0 radical (unpaired) electrons. The summed E-state index contributed by atoms with van der Waals surface area (Å²) in [6.45, 7) is 7.21. The zero-order chi connectivity index (χ0) is 14.4. The van der Waals surface area contributed by atoms with E-state index in [-0.39, 0.29) is 24.4 Å². The van der Waals surface area contributed by atoms with Crippen molar-refractivity contribution in [3.8, 4) is 0 Å². The van der Waals surface area contributed by atoms with E-state index < -0.39 is 0 Å². The number of carbonyl (C=O) groups excluding carboxylic acids is 2. The molecule has 0 aromatic carbocycles. The highest BCUT2D eigenvalue weighted by atomic mass is 16.2. The summed E-state index contributed by atoms with van der Waals surface area (Å²) in [6, 6.07) is -0.0857. The Kier molecular flexibility index (Phi) is 6.24. The molecular weight excluding hydrogens is 244 g/mol. The third-order valence-corrected chi connectivity index (χ3v) is 3.59. The van der Waals surface area contributed by atoms with Crippen LogP contribution in [-0.2, 0) is 9.59 Å². The van der Waals surface area contributed by atoms with Crippen LogP contribution in [0.4, 0.5) is 0 Å². The lowest BCUT2D eigenvalue weighted by atomic mass is 10.0. The van der Waals surface area contributed by atoms with Crippen molar-refractivity contribution in [2.24, 2.45) is 17.4 Å². The van der Waals surface area contributed by atoms with Gasteiger partial charge in [0.1, 0.15) is 0 Å². The Morgan fingerprint density at radius 2 is 1.84 bits per heavy atom. The lowest BCUT2D eigenvalue weighted by Gasteiger charge is -2.24. The second-order valence-corrected chi connectivity index (χ2v) is 5.59. The van der Waals surface area contributed by atoms with Crippen LogP contribution in [0.15, 0.2) is 0 Å². The molecule has 2 amide bonds. The van der Waals surface area contributed by atoms with Crippen molar-refractivity contribution >= 4 is 11.8 Å². The minimum atomic E-state index is -0.318. The average molecular weight is 270 g/mol. The van der Waals surface area contributed by atoms with E-state index in [1.165, 1.54) is 0 Å². The predicted molar refractivity (Wildman–Crippen MR) is 74.3 cm³/mol. The topological polar surface area (TPSA) is 92.7 Å². The van der Waals surface area contributed by atoms with Gasteiger partial charge in [0.15, 0.2) is 0 Å². The summed E-state index contributed by atoms with van der Waals surface area (Å²) in [6.07, 6.45) is 1.27. The quantitative estimate of drug-likeness (QED) is 0.696. The Labute approximate surface area is 115 Å². The van der Waals surface area contributed by atoms with Crippen LogP contribution in [0.3, 0.4) is 0 Å². The standard InChI is InChI=1S/C13H26N4O2/c1-10(2)11(14)8-13(19)17-5-3-4-16(6-7-17)9-12(15)18/h10-11H,3-9,14H2,1-2H3,(H2,15,18). The maximum atomic E-state index is 12.1. The molecule has 1 aliphatic rings. The second-order valence-electron chi connectivity index (χ2n) is 5.59. The minimum Gasteiger partial charge on any atom is -0.369 e. The molecule has 110 valence electrons. The molecule has 0 aromatic rings. The van der Waals surface area contributed by atoms with Crippen LogP contribution in [0.1, 0.15) is 26.7 Å². The van der Waals surface area contributed by atoms with E-state index in [1.807, 2.05) is 23.6 Å². The Bertz CT molecular complexity index is 320. The summed E-state index contributed by atoms with van der Waals surface area (Å²) >= 11 is 0. The van der Waals surface area contributed by atoms with Gasteiger partial charge in [-0.1, -0.05) is 13.8 Å². The van der Waals surface area contributed by atoms with Crippen LogP contribution in [-0.4, -0.2) is 60.4 Å². The zero-order valence-electron chi connectivity index (χ0n) is 12.0. The average Bonchev–Trinajstić information content (AvgIpc) is 2.53. The molecule has 6 nitrogen and oxygen atoms in total. The molecule has 1 heterocycles. The van der Waals surface area contributed by atoms with Gasteiger partial charge in [-0.05, 0) is 12.3 Å². The first kappa shape index (κ1) is 15.9. The van der Waals surface area contributed by atoms with Gasteiger partial charge in [-0.15, -0.1) is 0 Å². The number of hydrogen-bond acceptors (Lipinski definition) is 4. The number of primary amides is 1. The minimum absolute atomic E-state index is 0.0857. The van der Waals surface area contributed by atoms with Crippen molar-refractivity contribution in [3.05, 3.63) is 0 Å². The highest BCUT2D eigenvalue weighted by molar-refractivity contribution is 5.77. The molecule has 4 N–H and O–H groups in total. The van der Waals surface area contributed by atoms with E-state index in [0.29, 0.717) is 25.4 Å². The smallest absolute Gasteiger partial charge is 0.231 e. The Hall–Kier alpha value is -1.14. The first-order chi connectivity index (χ1) is 8.90. The van der Waals surface area contributed by atoms with Gasteiger partial charge in [-0.2, -0.15) is 0 Å². The summed E-state index contributed by atoms with van der Waals surface area (Å²) in [7, 11) is 0. The summed E-state index contributed by atoms with van der Waals surface area (Å²) in [5.41, 5.74) is 11.1. The Morgan fingerprint density at radius 3 is 2.42 bits per heavy atom. The molecule has 0 spiro atoms. The van der Waals surface area contributed by atoms with E-state index in [9.17, 15) is 9.59 Å². The van der Waals surface area contributed by atoms with Crippen LogP contribution in [0, 0.1) is 5.92 Å². The largest absolute Gasteiger partial charge is 0.369 e. The van der Waals surface area contributed by atoms with Crippen molar-refractivity contribution in [3.63, 3.8) is 0 Å². The van der Waals surface area contributed by atoms with E-state index in [4.69, 9.17) is 11.5 Å². The van der Waals surface area contributed by atoms with Crippen LogP contribution in [0.5, 0.6) is 0 Å². The molecule has 6 heteroatoms. The van der Waals surface area contributed by atoms with Gasteiger partial charge in [0.05, 0.1) is 6.54 Å². The molecule has 1 aliphatic heterocycles. The van der Waals surface area contributed by atoms with Crippen molar-refractivity contribution in [2.45, 2.75) is 32.7 Å². The van der Waals surface area contributed by atoms with Crippen molar-refractivity contribution in [1.29, 1.82) is 0 Å². The summed E-state index contributed by atoms with van der Waals surface area (Å²) < 4.78 is 0. The number of carbonyl (C=O) groups is 2. The molecule has 0 aliphatic carbocycles. The molecule has 0 aromatic heterocycles. The molecular formula is C13H26N4O2. The van der Waals surface area contributed by atoms with Crippen LogP contribution < -0.4 is 11.5 Å². The monoisotopic (exact) mass is 270 g/mol. The van der Waals surface area contributed by atoms with E-state index in [0.717, 1.165) is 19.5 Å². The van der Waals surface area contributed by atoms with Crippen molar-refractivity contribution < 1.29 is 9.59 Å². The number of hydrogen-bond donors (Lipinski definition) is 2. The van der Waals surface area contributed by atoms with Gasteiger partial charge in [0.2, 0.25) is 11.8 Å². The Balaban J connectivity index is 2.43. The highest BCUT2D eigenvalue weighted by Gasteiger charge is 2.22. The maximum absolute atomic E-state index is 12.1. The summed E-state index contributed by atoms with van der Waals surface area (Å²) in [5, 5.41) is 0. The molecule has 19 heavy (non-hydrogen) atoms. The van der Waals surface area contributed by atoms with Gasteiger partial charge in [0.25, 0.3) is 0 Å². The van der Waals surface area contributed by atoms with Gasteiger partial charge >= 0.3 is 0 Å². The van der Waals surface area contributed by atoms with Crippen molar-refractivity contribution in [1.82, 2.24) is 9.80 Å². The molecule has 1 atom stereocenters. The second kappa shape index (κ2) is 7.45. The lowest BCUT2D eigenvalue weighted by molar-refractivity contribution is -0.131. The first-order valence-corrected chi connectivity index (χ1v) is 6.94. The molecule has 0 bridgehead atoms. The lowest BCUT2D eigenvalue weighted by Crippen LogP contribution is -2.40. The van der Waals surface area contributed by atoms with Gasteiger partial charge in [-0.3, -0.25) is 14.5 Å². The van der Waals surface area contributed by atoms with Crippen molar-refractivity contribution in [2.75, 3.05) is 32.7 Å². The highest BCUT2D eigenvalue weighted by Crippen LogP contribution is 2.09. The predicted octanol–water partition coefficient (Wildman–Crippen LogP) is -0.621. The van der Waals surface area contributed by atoms with E-state index in [1.54, 1.807) is 0 Å². The molecule has 1 unspecified atom stereocenters. The van der Waals surface area contributed by atoms with Crippen LogP contribution >= 0.6 is 0 Å². The van der Waals surface area contributed by atoms with Gasteiger partial charge in [0, 0.05) is 38.6 Å². The Morgan fingerprint density at radius 1 is 1.16 bits per heavy atom. The first-order valence-electron chi connectivity index (χ1n) is 6.94. The van der Waals surface area contributed by atoms with E-state index >= 15 is 0 Å². The number of rotatable bonds is 5. The molecule has 1 fully saturated rings. The third kappa shape index (κ3) is 5.57. The van der Waals surface area contributed by atoms with Gasteiger partial charge < -0.3 is 16.4 Å². The van der Waals surface area contributed by atoms with Crippen LogP contribution in [0.2, 0.25) is 0 Å². The summed E-state index contributed by atoms with van der Waals surface area (Å²) in [4.78, 5) is 26.9. The van der Waals surface area contributed by atoms with Crippen LogP contribution in [0.25, 0.3) is 0 Å². The van der Waals surface area contributed by atoms with Gasteiger partial charge in [-0.25, -0.2) is 0 Å². The fraction of sp³-hybridized carbons (Fsp3) is 0.846. The SMILES string of the molecule is CC(C)C(N)CC(=O)N1CCCN(CC(N)=O)CC1. The number of nitrogens with two attached hydrogens (primary N) is 2. The number of nitrogens with zero attached hydrogens (tertiary/aromatic N) is 2. The fourth-order valence-electron chi connectivity index (χ4n) is 2.17. The molecule has 1 rings (SSSR count). The summed E-state index contributed by atoms with van der Waals surface area (Å²) in [5.74, 6) is 0.103. The molecule has 0 saturated carbocycles. The molecule has 1 saturated heterocycles. The zero-order valence-corrected chi connectivity index (χ0v) is 12.0.